The molecule has 0 bridgehead atoms. The number of carbonyl (C=O) groups is 2. The molecule has 0 spiro atoms. The maximum atomic E-state index is 12.1. The summed E-state index contributed by atoms with van der Waals surface area (Å²) in [6.45, 7) is 1.94. The second-order valence-corrected chi connectivity index (χ2v) is 7.55. The second kappa shape index (κ2) is 9.16. The molecule has 1 fully saturated rings. The summed E-state index contributed by atoms with van der Waals surface area (Å²) < 4.78 is 22.4. The van der Waals surface area contributed by atoms with Gasteiger partial charge in [-0.05, 0) is 37.1 Å². The predicted octanol–water partition coefficient (Wildman–Crippen LogP) is 0.282. The number of rotatable bonds is 8. The monoisotopic (exact) mass is 391 g/mol. The minimum Gasteiger partial charge on any atom is -0.390 e. The van der Waals surface area contributed by atoms with Crippen molar-refractivity contribution in [1.82, 2.24) is 10.2 Å². The third-order valence-electron chi connectivity index (χ3n) is 3.97. The normalized spacial score (nSPS) is 14.7. The Morgan fingerprint density at radius 2 is 2.04 bits per heavy atom. The van der Waals surface area contributed by atoms with Crippen LogP contribution in [0.5, 0.6) is 0 Å². The molecule has 27 heavy (non-hydrogen) atoms. The number of hydrogen-bond donors (Lipinski definition) is 3. The number of nitrogens with zero attached hydrogens (tertiary/aromatic N) is 2. The van der Waals surface area contributed by atoms with Crippen LogP contribution in [0.15, 0.2) is 40.9 Å². The van der Waals surface area contributed by atoms with E-state index in [9.17, 15) is 18.0 Å². The molecule has 144 valence electrons. The Morgan fingerprint density at radius 1 is 1.33 bits per heavy atom. The number of benzene rings is 1. The van der Waals surface area contributed by atoms with Crippen molar-refractivity contribution in [3.05, 3.63) is 36.0 Å². The van der Waals surface area contributed by atoms with E-state index in [0.717, 1.165) is 13.0 Å². The number of hydrogen-bond acceptors (Lipinski definition) is 6. The maximum absolute atomic E-state index is 12.1. The Morgan fingerprint density at radius 3 is 2.59 bits per heavy atom. The van der Waals surface area contributed by atoms with Gasteiger partial charge in [0, 0.05) is 37.9 Å². The van der Waals surface area contributed by atoms with Crippen molar-refractivity contribution in [3.63, 3.8) is 0 Å². The van der Waals surface area contributed by atoms with Crippen molar-refractivity contribution in [2.45, 2.75) is 24.2 Å². The summed E-state index contributed by atoms with van der Waals surface area (Å²) in [7, 11) is -3.81. The van der Waals surface area contributed by atoms with Crippen LogP contribution in [0.4, 0.5) is 5.69 Å². The van der Waals surface area contributed by atoms with Crippen LogP contribution in [-0.4, -0.2) is 44.8 Å². The number of carbonyl (C=O) groups excluding carboxylic acids is 2. The summed E-state index contributed by atoms with van der Waals surface area (Å²) in [6.07, 6.45) is 3.52. The molecule has 1 heterocycles. The topological polar surface area (TPSA) is 145 Å². The largest absolute Gasteiger partial charge is 0.390 e. The summed E-state index contributed by atoms with van der Waals surface area (Å²) >= 11 is 0. The van der Waals surface area contributed by atoms with Gasteiger partial charge in [0.15, 0.2) is 0 Å². The average molecular weight is 391 g/mol. The lowest BCUT2D eigenvalue weighted by atomic mass is 10.2. The molecule has 9 nitrogen and oxygen atoms in total. The van der Waals surface area contributed by atoms with E-state index in [2.05, 4.69) is 10.6 Å². The highest BCUT2D eigenvalue weighted by atomic mass is 32.2. The van der Waals surface area contributed by atoms with E-state index in [1.54, 1.807) is 11.0 Å². The lowest BCUT2D eigenvalue weighted by molar-refractivity contribution is -0.127. The molecule has 1 aromatic rings. The molecule has 0 saturated carbocycles. The van der Waals surface area contributed by atoms with Gasteiger partial charge in [0.2, 0.25) is 15.9 Å². The Balaban J connectivity index is 1.83. The van der Waals surface area contributed by atoms with Crippen molar-refractivity contribution in [1.29, 1.82) is 5.26 Å². The first-order valence-electron chi connectivity index (χ1n) is 8.37. The molecule has 2 rings (SSSR count). The number of sulfonamides is 1. The Labute approximate surface area is 157 Å². The highest BCUT2D eigenvalue weighted by molar-refractivity contribution is 7.89. The molecule has 0 unspecified atom stereocenters. The van der Waals surface area contributed by atoms with Crippen molar-refractivity contribution in [2.75, 3.05) is 25.0 Å². The van der Waals surface area contributed by atoms with Gasteiger partial charge in [0.25, 0.3) is 5.91 Å². The van der Waals surface area contributed by atoms with Crippen LogP contribution in [0.2, 0.25) is 0 Å². The van der Waals surface area contributed by atoms with Crippen molar-refractivity contribution in [3.8, 4) is 6.07 Å². The smallest absolute Gasteiger partial charge is 0.267 e. The molecule has 4 N–H and O–H groups in total. The molecule has 0 aliphatic carbocycles. The lowest BCUT2D eigenvalue weighted by Crippen LogP contribution is -2.27. The molecule has 2 amide bonds. The summed E-state index contributed by atoms with van der Waals surface area (Å²) in [4.78, 5) is 25.3. The third kappa shape index (κ3) is 6.09. The molecule has 0 aromatic heterocycles. The standard InChI is InChI=1S/C17H21N5O4S/c18-11-13(12-20-8-2-10-22-9-1-3-16(22)23)17(24)21-14-4-6-15(7-5-14)27(19,25)26/h4-7,12,20H,1-3,8-10H2,(H,21,24)(H2,19,25,26)/b13-12-. The first-order chi connectivity index (χ1) is 12.8. The molecule has 1 aromatic carbocycles. The van der Waals surface area contributed by atoms with Crippen LogP contribution < -0.4 is 15.8 Å². The zero-order valence-electron chi connectivity index (χ0n) is 14.6. The number of nitrogens with two attached hydrogens (primary N) is 1. The van der Waals surface area contributed by atoms with E-state index in [-0.39, 0.29) is 16.4 Å². The minimum absolute atomic E-state index is 0.0744. The molecule has 0 radical (unpaired) electrons. The van der Waals surface area contributed by atoms with Crippen LogP contribution in [0.3, 0.4) is 0 Å². The van der Waals surface area contributed by atoms with E-state index in [0.29, 0.717) is 31.6 Å². The van der Waals surface area contributed by atoms with Gasteiger partial charge >= 0.3 is 0 Å². The maximum Gasteiger partial charge on any atom is 0.267 e. The zero-order chi connectivity index (χ0) is 19.9. The van der Waals surface area contributed by atoms with Gasteiger partial charge in [-0.25, -0.2) is 13.6 Å². The quantitative estimate of drug-likeness (QED) is 0.330. The molecular formula is C17H21N5O4S. The van der Waals surface area contributed by atoms with Gasteiger partial charge in [-0.2, -0.15) is 5.26 Å². The number of amides is 2. The second-order valence-electron chi connectivity index (χ2n) is 5.99. The number of nitriles is 1. The summed E-state index contributed by atoms with van der Waals surface area (Å²) in [5.41, 5.74) is 0.212. The fourth-order valence-electron chi connectivity index (χ4n) is 2.56. The first kappa shape index (κ1) is 20.4. The molecular weight excluding hydrogens is 370 g/mol. The van der Waals surface area contributed by atoms with Crippen molar-refractivity contribution in [2.24, 2.45) is 5.14 Å². The molecule has 1 aliphatic rings. The minimum atomic E-state index is -3.81. The summed E-state index contributed by atoms with van der Waals surface area (Å²) in [5, 5.41) is 19.5. The fourth-order valence-corrected chi connectivity index (χ4v) is 3.08. The van der Waals surface area contributed by atoms with E-state index in [1.807, 2.05) is 0 Å². The SMILES string of the molecule is N#C/C(=C/NCCCN1CCCC1=O)C(=O)Nc1ccc(S(N)(=O)=O)cc1. The fraction of sp³-hybridized carbons (Fsp3) is 0.353. The van der Waals surface area contributed by atoms with E-state index >= 15 is 0 Å². The van der Waals surface area contributed by atoms with Crippen LogP contribution in [-0.2, 0) is 19.6 Å². The van der Waals surface area contributed by atoms with Crippen LogP contribution in [0, 0.1) is 11.3 Å². The van der Waals surface area contributed by atoms with E-state index in [1.165, 1.54) is 30.5 Å². The molecule has 10 heteroatoms. The van der Waals surface area contributed by atoms with Gasteiger partial charge in [-0.1, -0.05) is 0 Å². The summed E-state index contributed by atoms with van der Waals surface area (Å²) in [6, 6.07) is 7.09. The van der Waals surface area contributed by atoms with Gasteiger partial charge in [-0.15, -0.1) is 0 Å². The number of nitrogens with one attached hydrogen (secondary N) is 2. The van der Waals surface area contributed by atoms with Crippen molar-refractivity contribution >= 4 is 27.5 Å². The van der Waals surface area contributed by atoms with Gasteiger partial charge in [0.1, 0.15) is 11.6 Å². The number of likely N-dealkylation sites (tertiary alicyclic amines) is 1. The molecule has 0 atom stereocenters. The highest BCUT2D eigenvalue weighted by Gasteiger charge is 2.18. The Kier molecular flexibility index (Phi) is 6.92. The van der Waals surface area contributed by atoms with Gasteiger partial charge in [-0.3, -0.25) is 9.59 Å². The Hall–Kier alpha value is -2.90. The molecule has 1 aliphatic heterocycles. The van der Waals surface area contributed by atoms with E-state index in [4.69, 9.17) is 10.4 Å². The van der Waals surface area contributed by atoms with Crippen LogP contribution in [0.1, 0.15) is 19.3 Å². The predicted molar refractivity (Wildman–Crippen MR) is 98.6 cm³/mol. The van der Waals surface area contributed by atoms with Crippen LogP contribution in [0.25, 0.3) is 0 Å². The number of anilines is 1. The average Bonchev–Trinajstić information content (AvgIpc) is 3.02. The lowest BCUT2D eigenvalue weighted by Gasteiger charge is -2.14. The summed E-state index contributed by atoms with van der Waals surface area (Å²) in [5.74, 6) is -0.459. The Bertz CT molecular complexity index is 872. The van der Waals surface area contributed by atoms with Gasteiger partial charge < -0.3 is 15.5 Å². The molecule has 1 saturated heterocycles. The highest BCUT2D eigenvalue weighted by Crippen LogP contribution is 2.13. The van der Waals surface area contributed by atoms with Crippen molar-refractivity contribution < 1.29 is 18.0 Å². The van der Waals surface area contributed by atoms with Crippen LogP contribution >= 0.6 is 0 Å². The number of primary sulfonamides is 1. The van der Waals surface area contributed by atoms with E-state index < -0.39 is 15.9 Å². The first-order valence-corrected chi connectivity index (χ1v) is 9.91. The van der Waals surface area contributed by atoms with Gasteiger partial charge in [0.05, 0.1) is 4.90 Å². The zero-order valence-corrected chi connectivity index (χ0v) is 15.5. The third-order valence-corrected chi connectivity index (χ3v) is 4.90.